The highest BCUT2D eigenvalue weighted by Gasteiger charge is 2.36. The third kappa shape index (κ3) is 4.61. The summed E-state index contributed by atoms with van der Waals surface area (Å²) in [5, 5.41) is 32.6. The minimum absolute atomic E-state index is 0.118. The summed E-state index contributed by atoms with van der Waals surface area (Å²) in [5.74, 6) is -0.932. The van der Waals surface area contributed by atoms with Gasteiger partial charge in [-0.25, -0.2) is 4.39 Å². The van der Waals surface area contributed by atoms with E-state index in [0.29, 0.717) is 35.9 Å². The quantitative estimate of drug-likeness (QED) is 0.299. The van der Waals surface area contributed by atoms with E-state index >= 15 is 0 Å². The average Bonchev–Trinajstić information content (AvgIpc) is 3.40. The number of halogens is 1. The molecule has 0 spiro atoms. The van der Waals surface area contributed by atoms with Crippen LogP contribution >= 0.6 is 11.3 Å². The number of rotatable bonds is 8. The lowest BCUT2D eigenvalue weighted by atomic mass is 9.98. The van der Waals surface area contributed by atoms with Crippen LogP contribution in [0.4, 0.5) is 10.1 Å². The second-order valence-electron chi connectivity index (χ2n) is 9.32. The Labute approximate surface area is 223 Å². The van der Waals surface area contributed by atoms with Crippen LogP contribution in [-0.4, -0.2) is 43.2 Å². The number of anilines is 1. The van der Waals surface area contributed by atoms with E-state index in [-0.39, 0.29) is 12.4 Å². The van der Waals surface area contributed by atoms with Gasteiger partial charge in [0.25, 0.3) is 0 Å². The number of aliphatic carboxylic acids is 1. The van der Waals surface area contributed by atoms with Gasteiger partial charge in [-0.3, -0.25) is 14.4 Å². The second-order valence-corrected chi connectivity index (χ2v) is 10.4. The zero-order chi connectivity index (χ0) is 27.0. The van der Waals surface area contributed by atoms with Crippen molar-refractivity contribution in [3.63, 3.8) is 0 Å². The highest BCUT2D eigenvalue weighted by atomic mass is 32.1. The number of nitrogens with one attached hydrogen (secondary N) is 1. The molecule has 4 aromatic rings. The molecule has 196 valence electrons. The summed E-state index contributed by atoms with van der Waals surface area (Å²) in [6.07, 6.45) is 0.552. The molecule has 0 saturated heterocycles. The maximum absolute atomic E-state index is 13.9. The maximum Gasteiger partial charge on any atom is 0.308 e. The smallest absolute Gasteiger partial charge is 0.308 e. The lowest BCUT2D eigenvalue weighted by Crippen LogP contribution is -2.21. The fourth-order valence-electron chi connectivity index (χ4n) is 4.69. The first-order valence-electron chi connectivity index (χ1n) is 12.3. The van der Waals surface area contributed by atoms with Gasteiger partial charge in [0.1, 0.15) is 22.7 Å². The number of aromatic nitrogens is 3. The van der Waals surface area contributed by atoms with Gasteiger partial charge >= 0.3 is 5.97 Å². The Kier molecular flexibility index (Phi) is 7.09. The number of aryl methyl sites for hydroxylation is 1. The van der Waals surface area contributed by atoms with Crippen molar-refractivity contribution in [2.24, 2.45) is 10.9 Å². The molecule has 0 amide bonds. The molecule has 0 aliphatic carbocycles. The number of fused-ring (bicyclic) bond motifs is 3. The summed E-state index contributed by atoms with van der Waals surface area (Å²) >= 11 is 1.43. The minimum atomic E-state index is -0.974. The number of carboxylic acid groups (broad SMARTS) is 1. The number of benzene rings is 2. The molecule has 10 heteroatoms. The monoisotopic (exact) mass is 533 g/mol. The van der Waals surface area contributed by atoms with Crippen LogP contribution in [0, 0.1) is 25.6 Å². The van der Waals surface area contributed by atoms with Crippen LogP contribution in [0.1, 0.15) is 51.7 Å². The molecule has 3 heterocycles. The van der Waals surface area contributed by atoms with Crippen LogP contribution in [-0.2, 0) is 17.8 Å². The molecule has 1 aliphatic heterocycles. The molecule has 1 unspecified atom stereocenters. The number of aliphatic hydroxyl groups is 1. The first-order valence-corrected chi connectivity index (χ1v) is 13.2. The maximum atomic E-state index is 13.9. The SMILES string of the molecule is Cc1c(CO)sc2c1C(c1ccc(NCCc3ccccc3F)cc1)=NC([C@H](C)C(=O)O)c1nnc(C)n1-2. The van der Waals surface area contributed by atoms with Crippen LogP contribution in [0.15, 0.2) is 53.5 Å². The van der Waals surface area contributed by atoms with Crippen LogP contribution in [0.3, 0.4) is 0 Å². The molecule has 2 atom stereocenters. The van der Waals surface area contributed by atoms with Gasteiger partial charge in [0.2, 0.25) is 0 Å². The van der Waals surface area contributed by atoms with Crippen molar-refractivity contribution in [3.8, 4) is 5.00 Å². The lowest BCUT2D eigenvalue weighted by molar-refractivity contribution is -0.141. The zero-order valence-corrected chi connectivity index (χ0v) is 22.1. The predicted molar refractivity (Wildman–Crippen MR) is 145 cm³/mol. The normalized spacial score (nSPS) is 15.3. The molecule has 0 saturated carbocycles. The van der Waals surface area contributed by atoms with E-state index in [2.05, 4.69) is 15.5 Å². The van der Waals surface area contributed by atoms with Crippen molar-refractivity contribution in [2.75, 3.05) is 11.9 Å². The molecular weight excluding hydrogens is 505 g/mol. The molecule has 8 nitrogen and oxygen atoms in total. The predicted octanol–water partition coefficient (Wildman–Crippen LogP) is 4.84. The van der Waals surface area contributed by atoms with Gasteiger partial charge in [-0.15, -0.1) is 21.5 Å². The fraction of sp³-hybridized carbons (Fsp3) is 0.286. The van der Waals surface area contributed by atoms with Gasteiger partial charge in [-0.2, -0.15) is 0 Å². The van der Waals surface area contributed by atoms with E-state index in [1.54, 1.807) is 19.1 Å². The topological polar surface area (TPSA) is 113 Å². The third-order valence-corrected chi connectivity index (χ3v) is 8.16. The molecule has 0 fully saturated rings. The molecule has 38 heavy (non-hydrogen) atoms. The summed E-state index contributed by atoms with van der Waals surface area (Å²) in [7, 11) is 0. The number of thiophene rings is 1. The number of aliphatic hydroxyl groups excluding tert-OH is 1. The van der Waals surface area contributed by atoms with E-state index in [4.69, 9.17) is 4.99 Å². The third-order valence-electron chi connectivity index (χ3n) is 6.90. The average molecular weight is 534 g/mol. The highest BCUT2D eigenvalue weighted by Crippen LogP contribution is 2.41. The number of hydrogen-bond acceptors (Lipinski definition) is 7. The van der Waals surface area contributed by atoms with Crippen molar-refractivity contribution >= 4 is 28.7 Å². The number of aliphatic imine (C=N–C) groups is 1. The zero-order valence-electron chi connectivity index (χ0n) is 21.3. The minimum Gasteiger partial charge on any atom is -0.481 e. The van der Waals surface area contributed by atoms with Crippen molar-refractivity contribution < 1.29 is 19.4 Å². The summed E-state index contributed by atoms with van der Waals surface area (Å²) in [6.45, 7) is 5.84. The Morgan fingerprint density at radius 2 is 1.89 bits per heavy atom. The van der Waals surface area contributed by atoms with Crippen molar-refractivity contribution in [3.05, 3.63) is 93.1 Å². The van der Waals surface area contributed by atoms with Gasteiger partial charge in [0, 0.05) is 28.2 Å². The van der Waals surface area contributed by atoms with E-state index in [9.17, 15) is 19.4 Å². The van der Waals surface area contributed by atoms with Gasteiger partial charge < -0.3 is 15.5 Å². The molecular formula is C28H28FN5O3S. The van der Waals surface area contributed by atoms with Gasteiger partial charge in [-0.1, -0.05) is 30.3 Å². The molecule has 3 N–H and O–H groups in total. The van der Waals surface area contributed by atoms with Gasteiger partial charge in [0.05, 0.1) is 18.2 Å². The Morgan fingerprint density at radius 3 is 2.58 bits per heavy atom. The Hall–Kier alpha value is -3.89. The summed E-state index contributed by atoms with van der Waals surface area (Å²) in [4.78, 5) is 17.8. The van der Waals surface area contributed by atoms with Crippen LogP contribution < -0.4 is 5.32 Å². The van der Waals surface area contributed by atoms with Gasteiger partial charge in [-0.05, 0) is 56.5 Å². The van der Waals surface area contributed by atoms with Crippen molar-refractivity contribution in [1.82, 2.24) is 14.8 Å². The summed E-state index contributed by atoms with van der Waals surface area (Å²) in [5.41, 5.74) is 4.72. The van der Waals surface area contributed by atoms with E-state index < -0.39 is 17.9 Å². The Bertz CT molecular complexity index is 1530. The number of nitrogens with zero attached hydrogens (tertiary/aromatic N) is 4. The molecule has 2 aromatic heterocycles. The first kappa shape index (κ1) is 25.7. The molecule has 5 rings (SSSR count). The van der Waals surface area contributed by atoms with Crippen molar-refractivity contribution in [2.45, 2.75) is 39.8 Å². The van der Waals surface area contributed by atoms with E-state index in [0.717, 1.165) is 32.3 Å². The number of hydrogen-bond donors (Lipinski definition) is 3. The molecule has 1 aliphatic rings. The van der Waals surface area contributed by atoms with Crippen LogP contribution in [0.2, 0.25) is 0 Å². The van der Waals surface area contributed by atoms with E-state index in [1.165, 1.54) is 17.4 Å². The van der Waals surface area contributed by atoms with Gasteiger partial charge in [0.15, 0.2) is 5.82 Å². The summed E-state index contributed by atoms with van der Waals surface area (Å²) in [6, 6.07) is 13.7. The lowest BCUT2D eigenvalue weighted by Gasteiger charge is -2.16. The van der Waals surface area contributed by atoms with Crippen LogP contribution in [0.25, 0.3) is 5.00 Å². The Balaban J connectivity index is 1.52. The molecule has 0 radical (unpaired) electrons. The number of carboxylic acids is 1. The first-order chi connectivity index (χ1) is 18.3. The molecule has 2 aromatic carbocycles. The standard InChI is InChI=1S/C28H28FN5O3S/c1-15-22(14-35)38-27-23(15)25(31-24(16(2)28(36)37)26-33-32-17(3)34(26)27)19-8-10-20(11-9-19)30-13-12-18-6-4-5-7-21(18)29/h4-11,16,24,30,35H,12-14H2,1-3H3,(H,36,37)/t16-,24?/m0/s1. The van der Waals surface area contributed by atoms with Crippen LogP contribution in [0.5, 0.6) is 0 Å². The van der Waals surface area contributed by atoms with E-state index in [1.807, 2.05) is 48.7 Å². The van der Waals surface area contributed by atoms with Crippen molar-refractivity contribution in [1.29, 1.82) is 0 Å². The number of carbonyl (C=O) groups is 1. The summed E-state index contributed by atoms with van der Waals surface area (Å²) < 4.78 is 15.8. The largest absolute Gasteiger partial charge is 0.481 e. The Morgan fingerprint density at radius 1 is 1.16 bits per heavy atom. The molecule has 0 bridgehead atoms. The highest BCUT2D eigenvalue weighted by molar-refractivity contribution is 7.15. The fourth-order valence-corrected chi connectivity index (χ4v) is 5.91. The second kappa shape index (κ2) is 10.5.